The first-order valence-corrected chi connectivity index (χ1v) is 8.77. The first-order chi connectivity index (χ1) is 7.40. The summed E-state index contributed by atoms with van der Waals surface area (Å²) in [6.07, 6.45) is 1.01. The summed E-state index contributed by atoms with van der Waals surface area (Å²) in [4.78, 5) is 0. The Morgan fingerprint density at radius 2 is 1.94 bits per heavy atom. The molecule has 0 aliphatic carbocycles. The lowest BCUT2D eigenvalue weighted by molar-refractivity contribution is 0.544. The Hall–Kier alpha value is 0.100. The number of aryl methyl sites for hydroxylation is 2. The van der Waals surface area contributed by atoms with E-state index < -0.39 is 0 Å². The summed E-state index contributed by atoms with van der Waals surface area (Å²) in [6.45, 7) is 11.0. The van der Waals surface area contributed by atoms with E-state index >= 15 is 0 Å². The van der Waals surface area contributed by atoms with Crippen molar-refractivity contribution in [1.29, 1.82) is 0 Å². The highest BCUT2D eigenvalue weighted by atomic mass is 127. The van der Waals surface area contributed by atoms with Crippen molar-refractivity contribution in [2.45, 2.75) is 46.5 Å². The highest BCUT2D eigenvalue weighted by Crippen LogP contribution is 2.38. The predicted octanol–water partition coefficient (Wildman–Crippen LogP) is 5.23. The van der Waals surface area contributed by atoms with Crippen LogP contribution in [0.1, 0.15) is 44.4 Å². The minimum atomic E-state index is 0.123. The van der Waals surface area contributed by atoms with E-state index in [9.17, 15) is 0 Å². The van der Waals surface area contributed by atoms with Crippen LogP contribution in [0.2, 0.25) is 0 Å². The van der Waals surface area contributed by atoms with Crippen LogP contribution in [0.5, 0.6) is 5.75 Å². The van der Waals surface area contributed by atoms with E-state index in [0.717, 1.165) is 12.2 Å². The second-order valence-electron chi connectivity index (χ2n) is 5.05. The second-order valence-corrected chi connectivity index (χ2v) is 6.42. The molecule has 1 nitrogen and oxygen atoms in total. The Morgan fingerprint density at radius 1 is 1.31 bits per heavy atom. The molecular formula is C13H19IOS. The Balaban J connectivity index is 3.38. The fourth-order valence-electron chi connectivity index (χ4n) is 1.80. The summed E-state index contributed by atoms with van der Waals surface area (Å²) in [5.41, 5.74) is 4.03. The van der Waals surface area contributed by atoms with Gasteiger partial charge in [-0.15, -0.1) is 0 Å². The van der Waals surface area contributed by atoms with Crippen LogP contribution >= 0.6 is 30.4 Å². The summed E-state index contributed by atoms with van der Waals surface area (Å²) in [5, 5.41) is 0. The number of rotatable bonds is 3. The molecule has 0 spiro atoms. The van der Waals surface area contributed by atoms with E-state index in [4.69, 9.17) is 4.18 Å². The van der Waals surface area contributed by atoms with Gasteiger partial charge in [-0.05, 0) is 24.3 Å². The number of benzene rings is 1. The van der Waals surface area contributed by atoms with Crippen molar-refractivity contribution in [2.75, 3.05) is 0 Å². The van der Waals surface area contributed by atoms with Gasteiger partial charge in [0.1, 0.15) is 15.0 Å². The van der Waals surface area contributed by atoms with Crippen molar-refractivity contribution in [3.05, 3.63) is 28.8 Å². The molecule has 1 rings (SSSR count). The Morgan fingerprint density at radius 3 is 2.38 bits per heavy atom. The summed E-state index contributed by atoms with van der Waals surface area (Å²) in [6, 6.07) is 4.46. The molecule has 0 unspecified atom stereocenters. The molecule has 0 saturated carbocycles. The van der Waals surface area contributed by atoms with Gasteiger partial charge in [0.05, 0.1) is 0 Å². The molecule has 0 fully saturated rings. The minimum absolute atomic E-state index is 0.123. The quantitative estimate of drug-likeness (QED) is 0.545. The fourth-order valence-corrected chi connectivity index (χ4v) is 2.60. The lowest BCUT2D eigenvalue weighted by atomic mass is 9.84. The molecule has 1 aromatic carbocycles. The third-order valence-corrected chi connectivity index (χ3v) is 3.38. The molecular weight excluding hydrogens is 331 g/mol. The van der Waals surface area contributed by atoms with E-state index in [1.807, 2.05) is 0 Å². The zero-order valence-corrected chi connectivity index (χ0v) is 13.5. The standard InChI is InChI=1S/C13H19IOS/c1-6-10-7-9(2)8-11(13(3,4)5)12(10)15-16-14/h7-8H,6H2,1-5H3. The molecule has 0 amide bonds. The van der Waals surface area contributed by atoms with Crippen molar-refractivity contribution in [3.63, 3.8) is 0 Å². The third-order valence-electron chi connectivity index (χ3n) is 2.61. The van der Waals surface area contributed by atoms with Crippen LogP contribution in [0.25, 0.3) is 0 Å². The minimum Gasteiger partial charge on any atom is -0.414 e. The lowest BCUT2D eigenvalue weighted by Crippen LogP contribution is -2.13. The van der Waals surface area contributed by atoms with Gasteiger partial charge >= 0.3 is 0 Å². The van der Waals surface area contributed by atoms with Crippen LogP contribution in [0.4, 0.5) is 0 Å². The van der Waals surface area contributed by atoms with Gasteiger partial charge in [0.2, 0.25) is 0 Å². The van der Waals surface area contributed by atoms with Gasteiger partial charge < -0.3 is 4.18 Å². The maximum absolute atomic E-state index is 5.74. The Bertz CT molecular complexity index is 369. The molecule has 0 aliphatic heterocycles. The zero-order valence-electron chi connectivity index (χ0n) is 10.6. The molecule has 0 radical (unpaired) electrons. The van der Waals surface area contributed by atoms with Gasteiger partial charge in [-0.3, -0.25) is 0 Å². The van der Waals surface area contributed by atoms with Gasteiger partial charge in [0.15, 0.2) is 0 Å². The summed E-state index contributed by atoms with van der Waals surface area (Å²) >= 11 is 2.17. The first-order valence-electron chi connectivity index (χ1n) is 5.49. The van der Waals surface area contributed by atoms with Crippen LogP contribution in [0.3, 0.4) is 0 Å². The molecule has 0 heterocycles. The fraction of sp³-hybridized carbons (Fsp3) is 0.538. The van der Waals surface area contributed by atoms with Gasteiger partial charge in [-0.25, -0.2) is 0 Å². The maximum atomic E-state index is 5.74. The van der Waals surface area contributed by atoms with Crippen molar-refractivity contribution < 1.29 is 4.18 Å². The van der Waals surface area contributed by atoms with Crippen molar-refractivity contribution in [1.82, 2.24) is 0 Å². The van der Waals surface area contributed by atoms with E-state index in [-0.39, 0.29) is 5.41 Å². The van der Waals surface area contributed by atoms with Crippen molar-refractivity contribution in [3.8, 4) is 5.75 Å². The van der Waals surface area contributed by atoms with Crippen LogP contribution in [0, 0.1) is 6.92 Å². The van der Waals surface area contributed by atoms with Crippen LogP contribution in [-0.2, 0) is 11.8 Å². The monoisotopic (exact) mass is 350 g/mol. The second kappa shape index (κ2) is 5.63. The average molecular weight is 350 g/mol. The highest BCUT2D eigenvalue weighted by molar-refractivity contribution is 14.2. The largest absolute Gasteiger partial charge is 0.414 e. The molecule has 0 aliphatic rings. The Kier molecular flexibility index (Phi) is 4.98. The number of hydrogen-bond donors (Lipinski definition) is 0. The molecule has 1 aromatic rings. The highest BCUT2D eigenvalue weighted by Gasteiger charge is 2.22. The van der Waals surface area contributed by atoms with Gasteiger partial charge in [-0.2, -0.15) is 0 Å². The van der Waals surface area contributed by atoms with Gasteiger partial charge in [-0.1, -0.05) is 45.4 Å². The van der Waals surface area contributed by atoms with Gasteiger partial charge in [0, 0.05) is 26.8 Å². The maximum Gasteiger partial charge on any atom is 0.145 e. The molecule has 0 bridgehead atoms. The van der Waals surface area contributed by atoms with Crippen LogP contribution in [-0.4, -0.2) is 0 Å². The molecule has 0 saturated heterocycles. The normalized spacial score (nSPS) is 11.6. The van der Waals surface area contributed by atoms with Crippen LogP contribution < -0.4 is 4.18 Å². The summed E-state index contributed by atoms with van der Waals surface area (Å²) < 4.78 is 5.74. The third kappa shape index (κ3) is 3.29. The Labute approximate surface area is 115 Å². The van der Waals surface area contributed by atoms with E-state index in [2.05, 4.69) is 68.0 Å². The zero-order chi connectivity index (χ0) is 12.3. The van der Waals surface area contributed by atoms with E-state index in [1.54, 1.807) is 0 Å². The van der Waals surface area contributed by atoms with E-state index in [0.29, 0.717) is 0 Å². The smallest absolute Gasteiger partial charge is 0.145 e. The van der Waals surface area contributed by atoms with Crippen LogP contribution in [0.15, 0.2) is 12.1 Å². The molecule has 16 heavy (non-hydrogen) atoms. The SMILES string of the molecule is CCc1cc(C)cc(C(C)(C)C)c1OSI. The summed E-state index contributed by atoms with van der Waals surface area (Å²) in [5.74, 6) is 1.06. The topological polar surface area (TPSA) is 9.23 Å². The number of halogens is 1. The van der Waals surface area contributed by atoms with Crippen molar-refractivity contribution >= 4 is 30.4 Å². The molecule has 0 aromatic heterocycles. The molecule has 90 valence electrons. The number of hydrogen-bond acceptors (Lipinski definition) is 2. The molecule has 3 heteroatoms. The molecule has 0 N–H and O–H groups in total. The predicted molar refractivity (Wildman–Crippen MR) is 81.5 cm³/mol. The summed E-state index contributed by atoms with van der Waals surface area (Å²) in [7, 11) is 1.39. The van der Waals surface area contributed by atoms with E-state index in [1.165, 1.54) is 25.9 Å². The average Bonchev–Trinajstić information content (AvgIpc) is 2.18. The van der Waals surface area contributed by atoms with Crippen molar-refractivity contribution in [2.24, 2.45) is 0 Å². The first kappa shape index (κ1) is 14.2. The van der Waals surface area contributed by atoms with Gasteiger partial charge in [0.25, 0.3) is 0 Å². The lowest BCUT2D eigenvalue weighted by Gasteiger charge is -2.24. The molecule has 0 atom stereocenters.